The molecule has 1 aliphatic rings. The first-order valence-corrected chi connectivity index (χ1v) is 6.51. The summed E-state index contributed by atoms with van der Waals surface area (Å²) in [7, 11) is 0. The fourth-order valence-corrected chi connectivity index (χ4v) is 2.07. The Kier molecular flexibility index (Phi) is 3.54. The largest absolute Gasteiger partial charge is 0.310 e. The fourth-order valence-electron chi connectivity index (χ4n) is 1.50. The first-order valence-electron chi connectivity index (χ1n) is 5.63. The molecule has 2 nitrogen and oxygen atoms in total. The molecule has 1 aromatic rings. The Labute approximate surface area is 95.4 Å². The van der Waals surface area contributed by atoms with Gasteiger partial charge in [0.25, 0.3) is 0 Å². The maximum Gasteiger partial charge on any atom is 0.0901 e. The highest BCUT2D eigenvalue weighted by atomic mass is 32.1. The molecule has 0 saturated heterocycles. The van der Waals surface area contributed by atoms with E-state index in [1.54, 1.807) is 11.3 Å². The highest BCUT2D eigenvalue weighted by Gasteiger charge is 2.20. The SMILES string of the molecule is CCC(=Cc1csc(C)n1)CNC1CC1. The van der Waals surface area contributed by atoms with Crippen molar-refractivity contribution in [3.63, 3.8) is 0 Å². The van der Waals surface area contributed by atoms with Crippen molar-refractivity contribution < 1.29 is 0 Å². The highest BCUT2D eigenvalue weighted by molar-refractivity contribution is 7.09. The summed E-state index contributed by atoms with van der Waals surface area (Å²) in [4.78, 5) is 4.46. The second-order valence-electron chi connectivity index (χ2n) is 4.10. The molecule has 1 aromatic heterocycles. The maximum atomic E-state index is 4.46. The van der Waals surface area contributed by atoms with Crippen LogP contribution in [0.1, 0.15) is 36.9 Å². The molecular weight excluding hydrogens is 204 g/mol. The Bertz CT molecular complexity index is 350. The smallest absolute Gasteiger partial charge is 0.0901 e. The van der Waals surface area contributed by atoms with E-state index in [0.29, 0.717) is 0 Å². The number of aromatic nitrogens is 1. The molecule has 0 spiro atoms. The van der Waals surface area contributed by atoms with E-state index in [9.17, 15) is 0 Å². The van der Waals surface area contributed by atoms with E-state index in [4.69, 9.17) is 0 Å². The van der Waals surface area contributed by atoms with Gasteiger partial charge in [0.05, 0.1) is 10.7 Å². The van der Waals surface area contributed by atoms with Crippen molar-refractivity contribution >= 4 is 17.4 Å². The van der Waals surface area contributed by atoms with E-state index in [1.165, 1.54) is 18.4 Å². The summed E-state index contributed by atoms with van der Waals surface area (Å²) in [5, 5.41) is 6.81. The molecule has 0 amide bonds. The number of nitrogens with zero attached hydrogens (tertiary/aromatic N) is 1. The Hall–Kier alpha value is -0.670. The van der Waals surface area contributed by atoms with Gasteiger partial charge in [-0.2, -0.15) is 0 Å². The molecule has 82 valence electrons. The van der Waals surface area contributed by atoms with Crippen molar-refractivity contribution in [3.8, 4) is 0 Å². The zero-order valence-electron chi connectivity index (χ0n) is 9.42. The predicted octanol–water partition coefficient (Wildman–Crippen LogP) is 3.00. The lowest BCUT2D eigenvalue weighted by atomic mass is 10.1. The first kappa shape index (κ1) is 10.8. The first-order chi connectivity index (χ1) is 7.28. The lowest BCUT2D eigenvalue weighted by molar-refractivity contribution is 0.722. The van der Waals surface area contributed by atoms with Crippen molar-refractivity contribution in [1.82, 2.24) is 10.3 Å². The quantitative estimate of drug-likeness (QED) is 0.828. The van der Waals surface area contributed by atoms with Gasteiger partial charge in [-0.15, -0.1) is 11.3 Å². The van der Waals surface area contributed by atoms with E-state index < -0.39 is 0 Å². The van der Waals surface area contributed by atoms with Crippen LogP contribution in [0.5, 0.6) is 0 Å². The van der Waals surface area contributed by atoms with Crippen molar-refractivity contribution in [1.29, 1.82) is 0 Å². The molecule has 0 aromatic carbocycles. The molecule has 0 unspecified atom stereocenters. The molecule has 0 bridgehead atoms. The molecule has 3 heteroatoms. The van der Waals surface area contributed by atoms with Gasteiger partial charge < -0.3 is 5.32 Å². The topological polar surface area (TPSA) is 24.9 Å². The van der Waals surface area contributed by atoms with Crippen LogP contribution in [0, 0.1) is 6.92 Å². The van der Waals surface area contributed by atoms with Crippen LogP contribution < -0.4 is 5.32 Å². The second kappa shape index (κ2) is 4.90. The van der Waals surface area contributed by atoms with Crippen LogP contribution in [0.25, 0.3) is 6.08 Å². The Morgan fingerprint density at radius 3 is 3.00 bits per heavy atom. The summed E-state index contributed by atoms with van der Waals surface area (Å²) < 4.78 is 0. The van der Waals surface area contributed by atoms with Gasteiger partial charge in [0.1, 0.15) is 0 Å². The molecule has 1 heterocycles. The minimum atomic E-state index is 0.789. The van der Waals surface area contributed by atoms with E-state index in [1.807, 2.05) is 0 Å². The molecule has 1 aliphatic carbocycles. The Morgan fingerprint density at radius 2 is 2.47 bits per heavy atom. The minimum absolute atomic E-state index is 0.789. The van der Waals surface area contributed by atoms with E-state index in [0.717, 1.165) is 29.7 Å². The minimum Gasteiger partial charge on any atom is -0.310 e. The number of hydrogen-bond donors (Lipinski definition) is 1. The molecule has 0 radical (unpaired) electrons. The molecular formula is C12H18N2S. The average Bonchev–Trinajstić information content (AvgIpc) is 2.97. The summed E-state index contributed by atoms with van der Waals surface area (Å²) in [6, 6.07) is 0.789. The predicted molar refractivity (Wildman–Crippen MR) is 66.1 cm³/mol. The van der Waals surface area contributed by atoms with Crippen LogP contribution in [-0.2, 0) is 0 Å². The number of aryl methyl sites for hydroxylation is 1. The number of rotatable bonds is 5. The van der Waals surface area contributed by atoms with Gasteiger partial charge in [0, 0.05) is 18.0 Å². The van der Waals surface area contributed by atoms with Crippen LogP contribution in [0.15, 0.2) is 11.0 Å². The molecule has 1 fully saturated rings. The summed E-state index contributed by atoms with van der Waals surface area (Å²) in [5.74, 6) is 0. The van der Waals surface area contributed by atoms with E-state index in [2.05, 4.69) is 35.6 Å². The Morgan fingerprint density at radius 1 is 1.67 bits per heavy atom. The molecule has 0 aliphatic heterocycles. The van der Waals surface area contributed by atoms with Crippen molar-refractivity contribution in [2.75, 3.05) is 6.54 Å². The van der Waals surface area contributed by atoms with Gasteiger partial charge in [-0.25, -0.2) is 4.98 Å². The van der Waals surface area contributed by atoms with Gasteiger partial charge in [0.15, 0.2) is 0 Å². The third-order valence-corrected chi connectivity index (χ3v) is 3.43. The summed E-state index contributed by atoms with van der Waals surface area (Å²) >= 11 is 1.72. The van der Waals surface area contributed by atoms with Crippen LogP contribution in [0.2, 0.25) is 0 Å². The standard InChI is InChI=1S/C12H18N2S/c1-3-10(7-13-11-4-5-11)6-12-8-15-9(2)14-12/h6,8,11,13H,3-5,7H2,1-2H3. The van der Waals surface area contributed by atoms with Gasteiger partial charge in [-0.1, -0.05) is 12.5 Å². The molecule has 2 rings (SSSR count). The van der Waals surface area contributed by atoms with Crippen molar-refractivity contribution in [2.45, 2.75) is 39.2 Å². The average molecular weight is 222 g/mol. The lowest BCUT2D eigenvalue weighted by Crippen LogP contribution is -2.18. The Balaban J connectivity index is 1.94. The van der Waals surface area contributed by atoms with Crippen LogP contribution in [0.3, 0.4) is 0 Å². The number of nitrogens with one attached hydrogen (secondary N) is 1. The van der Waals surface area contributed by atoms with Gasteiger partial charge in [0.2, 0.25) is 0 Å². The maximum absolute atomic E-state index is 4.46. The molecule has 1 N–H and O–H groups in total. The molecule has 15 heavy (non-hydrogen) atoms. The summed E-state index contributed by atoms with van der Waals surface area (Å²) in [6.07, 6.45) is 6.04. The molecule has 0 atom stereocenters. The summed E-state index contributed by atoms with van der Waals surface area (Å²) in [5.41, 5.74) is 2.57. The van der Waals surface area contributed by atoms with Crippen molar-refractivity contribution in [2.24, 2.45) is 0 Å². The van der Waals surface area contributed by atoms with E-state index >= 15 is 0 Å². The third-order valence-electron chi connectivity index (χ3n) is 2.64. The monoisotopic (exact) mass is 222 g/mol. The third kappa shape index (κ3) is 3.43. The van der Waals surface area contributed by atoms with Gasteiger partial charge in [-0.05, 0) is 32.3 Å². The summed E-state index contributed by atoms with van der Waals surface area (Å²) in [6.45, 7) is 5.29. The number of hydrogen-bond acceptors (Lipinski definition) is 3. The normalized spacial score (nSPS) is 17.1. The lowest BCUT2D eigenvalue weighted by Gasteiger charge is -2.04. The van der Waals surface area contributed by atoms with Crippen LogP contribution in [-0.4, -0.2) is 17.6 Å². The zero-order valence-corrected chi connectivity index (χ0v) is 10.2. The van der Waals surface area contributed by atoms with Crippen LogP contribution in [0.4, 0.5) is 0 Å². The van der Waals surface area contributed by atoms with Crippen LogP contribution >= 0.6 is 11.3 Å². The van der Waals surface area contributed by atoms with Gasteiger partial charge >= 0.3 is 0 Å². The number of thiazole rings is 1. The van der Waals surface area contributed by atoms with Gasteiger partial charge in [-0.3, -0.25) is 0 Å². The highest BCUT2D eigenvalue weighted by Crippen LogP contribution is 2.19. The fraction of sp³-hybridized carbons (Fsp3) is 0.583. The molecule has 1 saturated carbocycles. The van der Waals surface area contributed by atoms with E-state index in [-0.39, 0.29) is 0 Å². The second-order valence-corrected chi connectivity index (χ2v) is 5.16. The zero-order chi connectivity index (χ0) is 10.7. The van der Waals surface area contributed by atoms with Crippen molar-refractivity contribution in [3.05, 3.63) is 21.7 Å².